The van der Waals surface area contributed by atoms with E-state index in [0.717, 1.165) is 0 Å². The number of methoxy groups -OCH3 is 2. The maximum Gasteiger partial charge on any atom is 0.320 e. The van der Waals surface area contributed by atoms with E-state index < -0.39 is 23.9 Å². The minimum absolute atomic E-state index is 0. The molecule has 16 nitrogen and oxygen atoms in total. The van der Waals surface area contributed by atoms with Crippen LogP contribution in [0, 0.1) is 48.9 Å². The molecule has 0 aromatic rings. The molecule has 0 aliphatic heterocycles. The van der Waals surface area contributed by atoms with Gasteiger partial charge in [0.2, 0.25) is 0 Å². The van der Waals surface area contributed by atoms with Crippen molar-refractivity contribution < 1.29 is 129 Å². The maximum atomic E-state index is 11.5. The van der Waals surface area contributed by atoms with Crippen molar-refractivity contribution >= 4 is 116 Å². The van der Waals surface area contributed by atoms with E-state index in [2.05, 4.69) is 65.5 Å². The topological polar surface area (TPSA) is 244 Å². The number of carboxylic acids is 2. The molecular formula is C29H64N4O12P8UVW. The van der Waals surface area contributed by atoms with Gasteiger partial charge in [0.1, 0.15) is 11.8 Å². The molecule has 14 atom stereocenters. The van der Waals surface area contributed by atoms with Crippen molar-refractivity contribution in [1.82, 2.24) is 20.3 Å². The summed E-state index contributed by atoms with van der Waals surface area (Å²) in [6.45, 7) is 15.2. The van der Waals surface area contributed by atoms with Crippen molar-refractivity contribution in [1.29, 1.82) is 0 Å². The third-order valence-corrected chi connectivity index (χ3v) is 10.6. The molecule has 8 unspecified atom stereocenters. The summed E-state index contributed by atoms with van der Waals surface area (Å²) >= 11 is 0. The maximum absolute atomic E-state index is 11.5. The van der Waals surface area contributed by atoms with Gasteiger partial charge in [0.25, 0.3) is 0 Å². The zero-order valence-electron chi connectivity index (χ0n) is 33.8. The number of ether oxygens (including phenoxy) is 2. The molecule has 0 heterocycles. The Balaban J connectivity index is -0.0000000863. The number of ketones is 4. The van der Waals surface area contributed by atoms with Gasteiger partial charge in [0, 0.05) is 83.6 Å². The second-order valence-electron chi connectivity index (χ2n) is 11.4. The molecule has 0 amide bonds. The molecule has 0 aromatic heterocycles. The molecule has 327 valence electrons. The van der Waals surface area contributed by atoms with Gasteiger partial charge in [0.05, 0.1) is 56.5 Å². The SMILES string of the molecule is CC(=O)CC(=O)[C@H](C)NPP.COC(=O)C(C)C.COC(=O)[C@H](C)CC(=O)[C@H](C)NPP.C[C@H](CC(=O)[C@H](C)NPP)C(=O)O.C[C@H](NPP)C(=O)O.[U].[V].[W]. The van der Waals surface area contributed by atoms with Gasteiger partial charge in [-0.05, 0) is 68.3 Å². The summed E-state index contributed by atoms with van der Waals surface area (Å²) in [6, 6.07) is -1.07. The van der Waals surface area contributed by atoms with Gasteiger partial charge >= 0.3 is 23.9 Å². The fourth-order valence-corrected chi connectivity index (χ4v) is 7.37. The van der Waals surface area contributed by atoms with E-state index in [0.29, 0.717) is 33.7 Å². The van der Waals surface area contributed by atoms with Crippen molar-refractivity contribution in [3.8, 4) is 0 Å². The average Bonchev–Trinajstić information content (AvgIpc) is 3.08. The Morgan fingerprint density at radius 2 is 0.857 bits per heavy atom. The van der Waals surface area contributed by atoms with E-state index in [4.69, 9.17) is 10.2 Å². The molecule has 1 radical (unpaired) electrons. The molecule has 0 aromatic carbocycles. The monoisotopic (exact) mass is 1380 g/mol. The number of hydrogen-bond donors (Lipinski definition) is 6. The fourth-order valence-electron chi connectivity index (χ4n) is 2.77. The number of esters is 2. The zero-order valence-corrected chi connectivity index (χ0v) is 50.9. The summed E-state index contributed by atoms with van der Waals surface area (Å²) in [5.74, 6) is -3.28. The van der Waals surface area contributed by atoms with E-state index >= 15 is 0 Å². The van der Waals surface area contributed by atoms with Crippen LogP contribution in [0.5, 0.6) is 0 Å². The van der Waals surface area contributed by atoms with Crippen LogP contribution in [-0.4, -0.2) is 95.6 Å². The Hall–Kier alpha value is 2.16. The fraction of sp³-hybridized carbons (Fsp3) is 0.724. The molecule has 0 aliphatic rings. The molecule has 27 heteroatoms. The molecule has 6 N–H and O–H groups in total. The minimum atomic E-state index is -0.922. The van der Waals surface area contributed by atoms with Gasteiger partial charge in [-0.15, -0.1) is 0 Å². The van der Waals surface area contributed by atoms with Gasteiger partial charge < -0.3 is 19.7 Å². The summed E-state index contributed by atoms with van der Waals surface area (Å²) in [5, 5.41) is 28.4. The molecule has 0 fully saturated rings. The summed E-state index contributed by atoms with van der Waals surface area (Å²) in [5.41, 5.74) is 0. The first-order chi connectivity index (χ1) is 24.4. The van der Waals surface area contributed by atoms with E-state index in [9.17, 15) is 38.4 Å². The van der Waals surface area contributed by atoms with Crippen LogP contribution < -0.4 is 20.3 Å². The number of hydrogen-bond acceptors (Lipinski definition) is 14. The predicted molar refractivity (Wildman–Crippen MR) is 235 cm³/mol. The Morgan fingerprint density at radius 1 is 0.554 bits per heavy atom. The van der Waals surface area contributed by atoms with Crippen molar-refractivity contribution in [2.75, 3.05) is 14.2 Å². The number of Topliss-reactive ketones (excluding diaryl/α,β-unsaturated/α-hetero) is 4. The number of nitrogens with one attached hydrogen (secondary N) is 4. The average molecular weight is 1380 g/mol. The standard InChI is InChI=1S/C8H17NO3P2.C7H15NO3P2.C6H13NO2P2.C5H10O2.C3H9NO2P2.U.V.W/c1-5(8(11)12-3)4-7(10)6(2)9-14-13;1-4(7(10)11)3-6(9)5(2)8-13-12;1-4(8)3-6(9)5(2)7-11-10;1-4(2)5(6)7-3;1-2(3(5)6)4-8-7;;;/h5-6,9,14H,4,13H2,1-3H3;4-5,8,13H,3,12H2,1-2H3,(H,10,11);5,7,11H,3,10H2,1-2H3;4H,1-3H3;2,4,8H,7H2,1H3,(H,5,6);;;/t5-,6+;4-,5+;5-;;2-;;;/m110.0.../s1. The van der Waals surface area contributed by atoms with E-state index in [1.807, 2.05) is 0 Å². The first-order valence-corrected chi connectivity index (χ1v) is 27.2. The van der Waals surface area contributed by atoms with Crippen molar-refractivity contribution in [2.24, 2.45) is 17.8 Å². The third-order valence-electron chi connectivity index (χ3n) is 6.15. The van der Waals surface area contributed by atoms with Crippen LogP contribution in [-0.2, 0) is 87.5 Å². The van der Waals surface area contributed by atoms with Crippen LogP contribution in [0.25, 0.3) is 0 Å². The summed E-state index contributed by atoms with van der Waals surface area (Å²) in [7, 11) is 14.4. The van der Waals surface area contributed by atoms with Crippen molar-refractivity contribution in [3.63, 3.8) is 0 Å². The zero-order chi connectivity index (χ0) is 42.9. The second kappa shape index (κ2) is 49.8. The Bertz CT molecular complexity index is 1120. The van der Waals surface area contributed by atoms with Crippen LogP contribution in [0.1, 0.15) is 81.6 Å². The van der Waals surface area contributed by atoms with Crippen LogP contribution in [0.15, 0.2) is 0 Å². The van der Waals surface area contributed by atoms with E-state index in [1.54, 1.807) is 48.5 Å². The molecule has 0 rings (SSSR count). The molecular weight excluding hydrogens is 1320 g/mol. The third kappa shape index (κ3) is 50.5. The minimum Gasteiger partial charge on any atom is -0.481 e. The number of carboxylic acid groups (broad SMARTS) is 2. The van der Waals surface area contributed by atoms with Gasteiger partial charge in [-0.2, -0.15) is 0 Å². The number of carbonyl (C=O) groups excluding carboxylic acids is 6. The molecule has 56 heavy (non-hydrogen) atoms. The van der Waals surface area contributed by atoms with Crippen molar-refractivity contribution in [2.45, 2.75) is 106 Å². The van der Waals surface area contributed by atoms with Gasteiger partial charge in [0.15, 0.2) is 17.3 Å². The van der Waals surface area contributed by atoms with Crippen molar-refractivity contribution in [3.05, 3.63) is 0 Å². The first-order valence-electron chi connectivity index (χ1n) is 16.0. The van der Waals surface area contributed by atoms with Crippen LogP contribution in [0.3, 0.4) is 0 Å². The second-order valence-corrected chi connectivity index (χ2v) is 17.2. The van der Waals surface area contributed by atoms with Crippen LogP contribution >= 0.6 is 69.4 Å². The quantitative estimate of drug-likeness (QED) is 0.0534. The molecule has 0 saturated carbocycles. The number of rotatable bonds is 21. The molecule has 0 bridgehead atoms. The summed E-state index contributed by atoms with van der Waals surface area (Å²) in [6.07, 6.45) is 0.373. The van der Waals surface area contributed by atoms with Gasteiger partial charge in [-0.1, -0.05) is 63.4 Å². The smallest absolute Gasteiger partial charge is 0.320 e. The Morgan fingerprint density at radius 3 is 1.07 bits per heavy atom. The normalized spacial score (nSPS) is 13.5. The predicted octanol–water partition coefficient (Wildman–Crippen LogP) is 4.28. The Labute approximate surface area is 399 Å². The largest absolute Gasteiger partial charge is 0.481 e. The van der Waals surface area contributed by atoms with E-state index in [-0.39, 0.29) is 155 Å². The number of aliphatic carboxylic acids is 2. The number of carbonyl (C=O) groups is 8. The molecule has 0 saturated heterocycles. The summed E-state index contributed by atoms with van der Waals surface area (Å²) in [4.78, 5) is 86.2. The van der Waals surface area contributed by atoms with Gasteiger partial charge in [-0.25, -0.2) is 0 Å². The first kappa shape index (κ1) is 75.5. The molecule has 0 spiro atoms. The van der Waals surface area contributed by atoms with Crippen LogP contribution in [0.4, 0.5) is 0 Å². The van der Waals surface area contributed by atoms with Gasteiger partial charge in [-0.3, -0.25) is 58.7 Å². The Kier molecular flexibility index (Phi) is 67.2. The van der Waals surface area contributed by atoms with E-state index in [1.165, 1.54) is 28.1 Å². The molecule has 0 aliphatic carbocycles. The van der Waals surface area contributed by atoms with Crippen LogP contribution in [0.2, 0.25) is 0 Å². The summed E-state index contributed by atoms with van der Waals surface area (Å²) < 4.78 is 8.91.